The number of nitriles is 1. The minimum absolute atomic E-state index is 0.700. The molecule has 0 saturated carbocycles. The third kappa shape index (κ3) is 1.82. The van der Waals surface area contributed by atoms with Crippen molar-refractivity contribution in [2.75, 3.05) is 6.54 Å². The topological polar surface area (TPSA) is 40.8 Å². The second-order valence-corrected chi connectivity index (χ2v) is 1.96. The van der Waals surface area contributed by atoms with Gasteiger partial charge in [0.15, 0.2) is 6.19 Å². The molecule has 0 unspecified atom stereocenters. The Morgan fingerprint density at radius 1 is 1.40 bits per heavy atom. The molecule has 0 radical (unpaired) electrons. The van der Waals surface area contributed by atoms with Crippen LogP contribution < -0.4 is 5.32 Å². The van der Waals surface area contributed by atoms with Gasteiger partial charge in [-0.2, -0.15) is 5.26 Å². The molecule has 0 bridgehead atoms. The fourth-order valence-electron chi connectivity index (χ4n) is 0.760. The summed E-state index contributed by atoms with van der Waals surface area (Å²) in [7, 11) is 0. The zero-order valence-electron chi connectivity index (χ0n) is 5.62. The van der Waals surface area contributed by atoms with E-state index in [1.807, 2.05) is 35.3 Å². The van der Waals surface area contributed by atoms with E-state index in [0.717, 1.165) is 6.54 Å². The molecule has 1 N–H and O–H groups in total. The second kappa shape index (κ2) is 3.57. The maximum Gasteiger partial charge on any atom is 0.176 e. The van der Waals surface area contributed by atoms with Gasteiger partial charge in [0.1, 0.15) is 0 Å². The maximum absolute atomic E-state index is 8.12. The summed E-state index contributed by atoms with van der Waals surface area (Å²) in [6.45, 7) is 1.55. The molecule has 1 aromatic heterocycles. The average molecular weight is 135 g/mol. The van der Waals surface area contributed by atoms with Crippen molar-refractivity contribution in [3.63, 3.8) is 0 Å². The van der Waals surface area contributed by atoms with Crippen molar-refractivity contribution in [2.45, 2.75) is 6.54 Å². The predicted molar refractivity (Wildman–Crippen MR) is 38.0 cm³/mol. The lowest BCUT2D eigenvalue weighted by Gasteiger charge is -1.98. The van der Waals surface area contributed by atoms with Crippen LogP contribution in [0.5, 0.6) is 0 Å². The Balaban J connectivity index is 2.23. The van der Waals surface area contributed by atoms with Crippen LogP contribution in [-0.4, -0.2) is 11.1 Å². The van der Waals surface area contributed by atoms with E-state index in [1.165, 1.54) is 0 Å². The molecule has 0 aromatic carbocycles. The minimum atomic E-state index is 0.700. The lowest BCUT2D eigenvalue weighted by molar-refractivity contribution is 0.669. The summed E-state index contributed by atoms with van der Waals surface area (Å²) in [6, 6.07) is 3.93. The minimum Gasteiger partial charge on any atom is -0.352 e. The molecule has 0 amide bonds. The third-order valence-corrected chi connectivity index (χ3v) is 1.24. The van der Waals surface area contributed by atoms with E-state index >= 15 is 0 Å². The van der Waals surface area contributed by atoms with E-state index in [0.29, 0.717) is 6.54 Å². The van der Waals surface area contributed by atoms with Crippen LogP contribution in [0.25, 0.3) is 0 Å². The first-order valence-electron chi connectivity index (χ1n) is 3.16. The van der Waals surface area contributed by atoms with Gasteiger partial charge in [0.05, 0.1) is 0 Å². The Morgan fingerprint density at radius 2 is 2.10 bits per heavy atom. The van der Waals surface area contributed by atoms with Crippen LogP contribution in [0.2, 0.25) is 0 Å². The molecule has 1 heterocycles. The number of hydrogen-bond donors (Lipinski definition) is 1. The van der Waals surface area contributed by atoms with Crippen LogP contribution in [0.3, 0.4) is 0 Å². The molecule has 0 atom stereocenters. The highest BCUT2D eigenvalue weighted by atomic mass is 15.0. The smallest absolute Gasteiger partial charge is 0.176 e. The molecule has 52 valence electrons. The van der Waals surface area contributed by atoms with Crippen LogP contribution in [0, 0.1) is 11.5 Å². The highest BCUT2D eigenvalue weighted by Crippen LogP contribution is 1.87. The largest absolute Gasteiger partial charge is 0.352 e. The van der Waals surface area contributed by atoms with Gasteiger partial charge in [-0.1, -0.05) is 0 Å². The molecule has 0 saturated heterocycles. The number of rotatable bonds is 3. The summed E-state index contributed by atoms with van der Waals surface area (Å²) in [5.41, 5.74) is 0. The summed E-state index contributed by atoms with van der Waals surface area (Å²) in [6.07, 6.45) is 5.81. The van der Waals surface area contributed by atoms with E-state index in [4.69, 9.17) is 5.26 Å². The summed E-state index contributed by atoms with van der Waals surface area (Å²) in [4.78, 5) is 0. The fraction of sp³-hybridized carbons (Fsp3) is 0.286. The Morgan fingerprint density at radius 3 is 2.70 bits per heavy atom. The molecule has 0 aliphatic rings. The first kappa shape index (κ1) is 6.69. The van der Waals surface area contributed by atoms with Gasteiger partial charge in [0.25, 0.3) is 0 Å². The zero-order valence-corrected chi connectivity index (χ0v) is 5.62. The van der Waals surface area contributed by atoms with Gasteiger partial charge in [-0.05, 0) is 12.1 Å². The molecular formula is C7H9N3. The normalized spacial score (nSPS) is 8.70. The predicted octanol–water partition coefficient (Wildman–Crippen LogP) is 0.559. The van der Waals surface area contributed by atoms with Crippen molar-refractivity contribution in [2.24, 2.45) is 0 Å². The van der Waals surface area contributed by atoms with Crippen molar-refractivity contribution >= 4 is 0 Å². The highest BCUT2D eigenvalue weighted by molar-refractivity contribution is 4.90. The second-order valence-electron chi connectivity index (χ2n) is 1.96. The molecule has 1 aromatic rings. The lowest BCUT2D eigenvalue weighted by Crippen LogP contribution is -2.13. The molecule has 10 heavy (non-hydrogen) atoms. The van der Waals surface area contributed by atoms with E-state index in [9.17, 15) is 0 Å². The van der Waals surface area contributed by atoms with Gasteiger partial charge in [-0.25, -0.2) is 0 Å². The van der Waals surface area contributed by atoms with Gasteiger partial charge in [0.2, 0.25) is 0 Å². The first-order valence-corrected chi connectivity index (χ1v) is 3.16. The molecule has 0 aliphatic heterocycles. The van der Waals surface area contributed by atoms with Crippen molar-refractivity contribution in [3.8, 4) is 6.19 Å². The van der Waals surface area contributed by atoms with Gasteiger partial charge in [-0.15, -0.1) is 0 Å². The molecular weight excluding hydrogens is 126 g/mol. The van der Waals surface area contributed by atoms with E-state index in [1.54, 1.807) is 0 Å². The van der Waals surface area contributed by atoms with Gasteiger partial charge < -0.3 is 9.88 Å². The van der Waals surface area contributed by atoms with Crippen molar-refractivity contribution in [1.82, 2.24) is 9.88 Å². The third-order valence-electron chi connectivity index (χ3n) is 1.24. The number of nitrogens with one attached hydrogen (secondary N) is 1. The van der Waals surface area contributed by atoms with Crippen LogP contribution >= 0.6 is 0 Å². The Labute approximate surface area is 59.9 Å². The van der Waals surface area contributed by atoms with Gasteiger partial charge in [-0.3, -0.25) is 0 Å². The molecule has 3 heteroatoms. The lowest BCUT2D eigenvalue weighted by atomic mass is 10.6. The summed E-state index contributed by atoms with van der Waals surface area (Å²) in [5.74, 6) is 0. The average Bonchev–Trinajstić information content (AvgIpc) is 2.41. The van der Waals surface area contributed by atoms with Crippen LogP contribution in [-0.2, 0) is 6.54 Å². The Bertz CT molecular complexity index is 207. The van der Waals surface area contributed by atoms with Crippen LogP contribution in [0.1, 0.15) is 0 Å². The van der Waals surface area contributed by atoms with Crippen LogP contribution in [0.15, 0.2) is 24.5 Å². The standard InChI is InChI=1S/C7H9N3/c8-7-9-3-6-10-4-1-2-5-10/h1-2,4-5,9H,3,6H2. The molecule has 3 nitrogen and oxygen atoms in total. The van der Waals surface area contributed by atoms with Gasteiger partial charge in [0, 0.05) is 25.5 Å². The summed E-state index contributed by atoms with van der Waals surface area (Å²) < 4.78 is 2.02. The quantitative estimate of drug-likeness (QED) is 0.373. The monoisotopic (exact) mass is 135 g/mol. The van der Waals surface area contributed by atoms with Crippen molar-refractivity contribution < 1.29 is 0 Å². The van der Waals surface area contributed by atoms with Gasteiger partial charge >= 0.3 is 0 Å². The number of aromatic nitrogens is 1. The first-order chi connectivity index (χ1) is 4.93. The summed E-state index contributed by atoms with van der Waals surface area (Å²) >= 11 is 0. The number of hydrogen-bond acceptors (Lipinski definition) is 2. The van der Waals surface area contributed by atoms with E-state index < -0.39 is 0 Å². The highest BCUT2D eigenvalue weighted by Gasteiger charge is 1.85. The zero-order chi connectivity index (χ0) is 7.23. The van der Waals surface area contributed by atoms with E-state index in [-0.39, 0.29) is 0 Å². The van der Waals surface area contributed by atoms with Crippen molar-refractivity contribution in [1.29, 1.82) is 5.26 Å². The summed E-state index contributed by atoms with van der Waals surface area (Å²) in [5, 5.41) is 10.7. The van der Waals surface area contributed by atoms with Crippen LogP contribution in [0.4, 0.5) is 0 Å². The molecule has 1 rings (SSSR count). The van der Waals surface area contributed by atoms with E-state index in [2.05, 4.69) is 5.32 Å². The Hall–Kier alpha value is -1.43. The maximum atomic E-state index is 8.12. The molecule has 0 spiro atoms. The number of nitrogens with zero attached hydrogens (tertiary/aromatic N) is 2. The fourth-order valence-corrected chi connectivity index (χ4v) is 0.760. The molecule has 0 fully saturated rings. The van der Waals surface area contributed by atoms with Crippen molar-refractivity contribution in [3.05, 3.63) is 24.5 Å². The SMILES string of the molecule is N#CNCCn1cccc1. The Kier molecular flexibility index (Phi) is 2.39. The molecule has 0 aliphatic carbocycles.